The minimum atomic E-state index is -1.29. The van der Waals surface area contributed by atoms with Crippen LogP contribution in [0.3, 0.4) is 0 Å². The first-order valence-corrected chi connectivity index (χ1v) is 11.3. The Labute approximate surface area is 192 Å². The Bertz CT molecular complexity index is 1070. The fourth-order valence-electron chi connectivity index (χ4n) is 3.43. The normalized spacial score (nSPS) is 16.1. The van der Waals surface area contributed by atoms with Crippen molar-refractivity contribution in [3.05, 3.63) is 50.4 Å². The first-order chi connectivity index (χ1) is 15.1. The zero-order chi connectivity index (χ0) is 23.6. The lowest BCUT2D eigenvalue weighted by Crippen LogP contribution is -2.30. The van der Waals surface area contributed by atoms with Gasteiger partial charge in [-0.05, 0) is 56.7 Å². The molecule has 2 atom stereocenters. The van der Waals surface area contributed by atoms with Crippen LogP contribution in [0, 0.1) is 17.6 Å². The minimum absolute atomic E-state index is 0.191. The van der Waals surface area contributed by atoms with Crippen LogP contribution in [0.5, 0.6) is 0 Å². The highest BCUT2D eigenvalue weighted by Crippen LogP contribution is 2.40. The average molecular weight is 486 g/mol. The number of anilines is 1. The van der Waals surface area contributed by atoms with E-state index >= 15 is 0 Å². The van der Waals surface area contributed by atoms with Gasteiger partial charge >= 0.3 is 11.9 Å². The van der Waals surface area contributed by atoms with Crippen molar-refractivity contribution < 1.29 is 32.6 Å². The van der Waals surface area contributed by atoms with Crippen LogP contribution in [-0.2, 0) is 27.1 Å². The summed E-state index contributed by atoms with van der Waals surface area (Å²) in [5.74, 6) is -4.31. The predicted molar refractivity (Wildman–Crippen MR) is 116 cm³/mol. The first kappa shape index (κ1) is 24.1. The van der Waals surface area contributed by atoms with Crippen LogP contribution in [0.2, 0.25) is 5.02 Å². The van der Waals surface area contributed by atoms with Crippen LogP contribution < -0.4 is 5.32 Å². The molecule has 0 fully saturated rings. The van der Waals surface area contributed by atoms with E-state index in [4.69, 9.17) is 21.1 Å². The molecular weight excluding hydrogens is 464 g/mol. The Morgan fingerprint density at radius 3 is 2.62 bits per heavy atom. The standard InChI is InChI=1S/C22H22ClF2NO5S/c1-4-30-22(29)18-12-6-5-10(2)7-17(12)32-20(18)26-19(27)11(3)31-21(28)13-8-15(24)16(25)9-14(13)23/h8-11H,4-7H2,1-3H3,(H,26,27)/t10-,11-/m1/s1. The van der Waals surface area contributed by atoms with E-state index in [2.05, 4.69) is 12.2 Å². The molecule has 1 amide bonds. The van der Waals surface area contributed by atoms with Gasteiger partial charge in [-0.1, -0.05) is 18.5 Å². The van der Waals surface area contributed by atoms with Gasteiger partial charge in [0.25, 0.3) is 5.91 Å². The molecule has 32 heavy (non-hydrogen) atoms. The van der Waals surface area contributed by atoms with Crippen LogP contribution >= 0.6 is 22.9 Å². The number of rotatable bonds is 6. The summed E-state index contributed by atoms with van der Waals surface area (Å²) in [5, 5.41) is 2.64. The second-order valence-electron chi connectivity index (χ2n) is 7.56. The third-order valence-electron chi connectivity index (χ3n) is 5.11. The summed E-state index contributed by atoms with van der Waals surface area (Å²) in [4.78, 5) is 38.6. The fraction of sp³-hybridized carbons (Fsp3) is 0.409. The van der Waals surface area contributed by atoms with Gasteiger partial charge in [0.2, 0.25) is 0 Å². The molecule has 0 radical (unpaired) electrons. The highest BCUT2D eigenvalue weighted by Gasteiger charge is 2.30. The Kier molecular flexibility index (Phi) is 7.51. The quantitative estimate of drug-likeness (QED) is 0.451. The average Bonchev–Trinajstić information content (AvgIpc) is 3.07. The van der Waals surface area contributed by atoms with Crippen LogP contribution in [0.4, 0.5) is 13.8 Å². The van der Waals surface area contributed by atoms with Crippen LogP contribution in [0.25, 0.3) is 0 Å². The number of thiophene rings is 1. The Hall–Kier alpha value is -2.52. The van der Waals surface area contributed by atoms with Gasteiger partial charge in [-0.2, -0.15) is 0 Å². The van der Waals surface area contributed by atoms with E-state index in [1.54, 1.807) is 6.92 Å². The molecule has 1 N–H and O–H groups in total. The molecule has 1 aliphatic carbocycles. The molecule has 6 nitrogen and oxygen atoms in total. The van der Waals surface area contributed by atoms with Gasteiger partial charge in [-0.25, -0.2) is 18.4 Å². The number of ether oxygens (including phenoxy) is 2. The van der Waals surface area contributed by atoms with Gasteiger partial charge in [-0.15, -0.1) is 11.3 Å². The van der Waals surface area contributed by atoms with E-state index in [0.29, 0.717) is 35.0 Å². The summed E-state index contributed by atoms with van der Waals surface area (Å²) in [7, 11) is 0. The highest BCUT2D eigenvalue weighted by atomic mass is 35.5. The second-order valence-corrected chi connectivity index (χ2v) is 9.07. The third-order valence-corrected chi connectivity index (χ3v) is 6.59. The van der Waals surface area contributed by atoms with Gasteiger partial charge in [0.05, 0.1) is 22.8 Å². The maximum Gasteiger partial charge on any atom is 0.341 e. The molecule has 1 aromatic carbocycles. The molecule has 0 spiro atoms. The molecule has 0 saturated carbocycles. The number of fused-ring (bicyclic) bond motifs is 1. The van der Waals surface area contributed by atoms with E-state index in [1.807, 2.05) is 0 Å². The van der Waals surface area contributed by atoms with Crippen LogP contribution in [0.15, 0.2) is 12.1 Å². The second kappa shape index (κ2) is 9.95. The summed E-state index contributed by atoms with van der Waals surface area (Å²) in [5.41, 5.74) is 0.798. The number of nitrogens with one attached hydrogen (secondary N) is 1. The number of halogens is 3. The first-order valence-electron chi connectivity index (χ1n) is 10.1. The van der Waals surface area contributed by atoms with Crippen LogP contribution in [-0.4, -0.2) is 30.6 Å². The smallest absolute Gasteiger partial charge is 0.341 e. The summed E-state index contributed by atoms with van der Waals surface area (Å²) >= 11 is 7.09. The number of hydrogen-bond acceptors (Lipinski definition) is 6. The number of hydrogen-bond donors (Lipinski definition) is 1. The van der Waals surface area contributed by atoms with E-state index in [1.165, 1.54) is 18.3 Å². The van der Waals surface area contributed by atoms with E-state index in [0.717, 1.165) is 23.3 Å². The predicted octanol–water partition coefficient (Wildman–Crippen LogP) is 5.17. The van der Waals surface area contributed by atoms with Gasteiger partial charge in [0.1, 0.15) is 5.00 Å². The number of carbonyl (C=O) groups is 3. The molecule has 10 heteroatoms. The Balaban J connectivity index is 1.78. The Morgan fingerprint density at radius 2 is 1.94 bits per heavy atom. The van der Waals surface area contributed by atoms with Crippen molar-refractivity contribution in [1.82, 2.24) is 0 Å². The summed E-state index contributed by atoms with van der Waals surface area (Å²) in [6.07, 6.45) is 1.13. The summed E-state index contributed by atoms with van der Waals surface area (Å²) in [6, 6.07) is 1.26. The number of amides is 1. The van der Waals surface area contributed by atoms with E-state index < -0.39 is 41.1 Å². The molecule has 0 bridgehead atoms. The third kappa shape index (κ3) is 5.10. The summed E-state index contributed by atoms with van der Waals surface area (Å²) < 4.78 is 36.9. The van der Waals surface area contributed by atoms with Gasteiger partial charge in [0.15, 0.2) is 17.7 Å². The maximum absolute atomic E-state index is 13.5. The lowest BCUT2D eigenvalue weighted by Gasteiger charge is -2.18. The van der Waals surface area contributed by atoms with Gasteiger partial charge in [0, 0.05) is 4.88 Å². The van der Waals surface area contributed by atoms with Crippen molar-refractivity contribution in [3.8, 4) is 0 Å². The van der Waals surface area contributed by atoms with Gasteiger partial charge in [-0.3, -0.25) is 4.79 Å². The molecule has 1 aliphatic rings. The molecule has 0 saturated heterocycles. The largest absolute Gasteiger partial charge is 0.462 e. The number of benzene rings is 1. The van der Waals surface area contributed by atoms with Crippen molar-refractivity contribution in [3.63, 3.8) is 0 Å². The lowest BCUT2D eigenvalue weighted by molar-refractivity contribution is -0.123. The van der Waals surface area contributed by atoms with Crippen molar-refractivity contribution in [1.29, 1.82) is 0 Å². The molecule has 1 heterocycles. The van der Waals surface area contributed by atoms with E-state index in [-0.39, 0.29) is 11.6 Å². The zero-order valence-electron chi connectivity index (χ0n) is 17.7. The molecule has 0 aliphatic heterocycles. The molecule has 172 valence electrons. The molecular formula is C22H22ClF2NO5S. The highest BCUT2D eigenvalue weighted by molar-refractivity contribution is 7.17. The summed E-state index contributed by atoms with van der Waals surface area (Å²) in [6.45, 7) is 5.33. The van der Waals surface area contributed by atoms with Crippen molar-refractivity contribution in [2.24, 2.45) is 5.92 Å². The Morgan fingerprint density at radius 1 is 1.25 bits per heavy atom. The van der Waals surface area contributed by atoms with Crippen molar-refractivity contribution in [2.75, 3.05) is 11.9 Å². The maximum atomic E-state index is 13.5. The lowest BCUT2D eigenvalue weighted by atomic mass is 9.88. The van der Waals surface area contributed by atoms with E-state index in [9.17, 15) is 23.2 Å². The van der Waals surface area contributed by atoms with Gasteiger partial charge < -0.3 is 14.8 Å². The van der Waals surface area contributed by atoms with Crippen molar-refractivity contribution in [2.45, 2.75) is 46.1 Å². The molecule has 3 rings (SSSR count). The molecule has 2 aromatic rings. The molecule has 0 unspecified atom stereocenters. The minimum Gasteiger partial charge on any atom is -0.462 e. The molecule has 1 aromatic heterocycles. The fourth-order valence-corrected chi connectivity index (χ4v) is 5.06. The zero-order valence-corrected chi connectivity index (χ0v) is 19.3. The number of esters is 2. The topological polar surface area (TPSA) is 81.7 Å². The van der Waals surface area contributed by atoms with Crippen LogP contribution in [0.1, 0.15) is 58.3 Å². The van der Waals surface area contributed by atoms with Crippen molar-refractivity contribution >= 4 is 45.8 Å². The SMILES string of the molecule is CCOC(=O)c1c(NC(=O)[C@@H](C)OC(=O)c2cc(F)c(F)cc2Cl)sc2c1CC[C@@H](C)C2. The monoisotopic (exact) mass is 485 g/mol. The number of carbonyl (C=O) groups excluding carboxylic acids is 3.